The third kappa shape index (κ3) is 3.74. The summed E-state index contributed by atoms with van der Waals surface area (Å²) in [5, 5.41) is 0. The van der Waals surface area contributed by atoms with Crippen LogP contribution >= 0.6 is 0 Å². The van der Waals surface area contributed by atoms with Crippen molar-refractivity contribution in [3.05, 3.63) is 64.7 Å². The molecule has 0 radical (unpaired) electrons. The Hall–Kier alpha value is -3.22. The molecule has 0 bridgehead atoms. The van der Waals surface area contributed by atoms with Gasteiger partial charge in [0.15, 0.2) is 0 Å². The number of nitrogens with zero attached hydrogens (tertiary/aromatic N) is 4. The lowest BCUT2D eigenvalue weighted by Gasteiger charge is -2.11. The van der Waals surface area contributed by atoms with Gasteiger partial charge in [0.1, 0.15) is 11.6 Å². The van der Waals surface area contributed by atoms with Crippen LogP contribution in [-0.2, 0) is 6.98 Å². The predicted octanol–water partition coefficient (Wildman–Crippen LogP) is 2.74. The molecule has 2 atom stereocenters. The van der Waals surface area contributed by atoms with Crippen molar-refractivity contribution in [2.45, 2.75) is 19.3 Å². The molecule has 0 N–H and O–H groups in total. The zero-order chi connectivity index (χ0) is 22.2. The summed E-state index contributed by atoms with van der Waals surface area (Å²) >= 11 is 0. The van der Waals surface area contributed by atoms with Crippen molar-refractivity contribution in [2.75, 3.05) is 13.7 Å². The molecule has 3 heterocycles. The topological polar surface area (TPSA) is 79.1 Å². The first-order chi connectivity index (χ1) is 14.8. The molecule has 3 aromatic rings. The highest BCUT2D eigenvalue weighted by molar-refractivity contribution is 5.67. The summed E-state index contributed by atoms with van der Waals surface area (Å²) in [6.45, 7) is -0.326. The van der Waals surface area contributed by atoms with E-state index >= 15 is 0 Å². The van der Waals surface area contributed by atoms with Crippen LogP contribution in [0.2, 0.25) is 0 Å². The van der Waals surface area contributed by atoms with E-state index in [-0.39, 0.29) is 0 Å². The van der Waals surface area contributed by atoms with E-state index < -0.39 is 12.5 Å². The van der Waals surface area contributed by atoms with Crippen molar-refractivity contribution in [1.29, 1.82) is 0 Å². The number of rotatable bonds is 6. The Labute approximate surface area is 167 Å². The average molecular weight is 381 g/mol. The third-order valence-electron chi connectivity index (χ3n) is 4.84. The molecule has 144 valence electrons. The quantitative estimate of drug-likeness (QED) is 0.653. The monoisotopic (exact) mass is 381 g/mol. The van der Waals surface area contributed by atoms with Gasteiger partial charge in [0.2, 0.25) is 5.88 Å². The number of aryl methyl sites for hydroxylation is 2. The van der Waals surface area contributed by atoms with Crippen molar-refractivity contribution >= 4 is 0 Å². The van der Waals surface area contributed by atoms with Crippen LogP contribution in [0.5, 0.6) is 11.6 Å². The van der Waals surface area contributed by atoms with Crippen LogP contribution in [0.3, 0.4) is 0 Å². The lowest BCUT2D eigenvalue weighted by Crippen LogP contribution is -2.14. The predicted molar refractivity (Wildman–Crippen MR) is 105 cm³/mol. The molecule has 1 aliphatic carbocycles. The molecule has 28 heavy (non-hydrogen) atoms. The molecule has 0 aliphatic heterocycles. The minimum absolute atomic E-state index is 0.313. The van der Waals surface area contributed by atoms with Gasteiger partial charge in [-0.15, -0.1) is 0 Å². The van der Waals surface area contributed by atoms with Gasteiger partial charge in [-0.25, -0.2) is 4.98 Å². The van der Waals surface area contributed by atoms with Crippen molar-refractivity contribution in [2.24, 2.45) is 12.9 Å². The van der Waals surface area contributed by atoms with Gasteiger partial charge in [0.25, 0.3) is 5.56 Å². The van der Waals surface area contributed by atoms with Crippen molar-refractivity contribution in [3.63, 3.8) is 0 Å². The first-order valence-electron chi connectivity index (χ1n) is 10.5. The summed E-state index contributed by atoms with van der Waals surface area (Å²) in [5.74, 6) is 2.26. The van der Waals surface area contributed by atoms with E-state index in [4.69, 9.17) is 13.6 Å². The third-order valence-corrected chi connectivity index (χ3v) is 4.84. The zero-order valence-corrected chi connectivity index (χ0v) is 15.6. The van der Waals surface area contributed by atoms with Crippen LogP contribution in [0.1, 0.15) is 28.0 Å². The Kier molecular flexibility index (Phi) is 3.92. The molecular formula is C21H22N4O3. The highest BCUT2D eigenvalue weighted by atomic mass is 16.5. The Morgan fingerprint density at radius 1 is 1.29 bits per heavy atom. The fraction of sp³-hybridized carbons (Fsp3) is 0.333. The Balaban J connectivity index is 1.50. The molecule has 0 saturated heterocycles. The summed E-state index contributed by atoms with van der Waals surface area (Å²) in [6.07, 6.45) is 5.51. The summed E-state index contributed by atoms with van der Waals surface area (Å²) in [5.41, 5.74) is 1.42. The number of pyridine rings is 2. The molecule has 1 aliphatic rings. The normalized spacial score (nSPS) is 20.0. The Bertz CT molecular complexity index is 1150. The summed E-state index contributed by atoms with van der Waals surface area (Å²) in [4.78, 5) is 25.3. The van der Waals surface area contributed by atoms with Crippen LogP contribution in [0.15, 0.2) is 47.7 Å². The lowest BCUT2D eigenvalue weighted by atomic mass is 10.1. The fourth-order valence-corrected chi connectivity index (χ4v) is 3.12. The van der Waals surface area contributed by atoms with Crippen LogP contribution < -0.4 is 15.0 Å². The number of hydrogen-bond donors (Lipinski definition) is 0. The minimum Gasteiger partial charge on any atom is -0.495 e. The largest absolute Gasteiger partial charge is 0.495 e. The van der Waals surface area contributed by atoms with Gasteiger partial charge in [0, 0.05) is 47.1 Å². The van der Waals surface area contributed by atoms with Gasteiger partial charge in [-0.3, -0.25) is 9.78 Å². The molecule has 0 unspecified atom stereocenters. The highest BCUT2D eigenvalue weighted by Crippen LogP contribution is 2.47. The lowest BCUT2D eigenvalue weighted by molar-refractivity contribution is 0.285. The number of ether oxygens (including phenoxy) is 2. The van der Waals surface area contributed by atoms with Crippen LogP contribution in [0.25, 0.3) is 11.1 Å². The molecule has 7 heteroatoms. The van der Waals surface area contributed by atoms with Gasteiger partial charge in [-0.1, -0.05) is 0 Å². The van der Waals surface area contributed by atoms with E-state index in [1.807, 2.05) is 12.1 Å². The average Bonchev–Trinajstić information content (AvgIpc) is 3.51. The van der Waals surface area contributed by atoms with Crippen molar-refractivity contribution in [3.8, 4) is 22.8 Å². The van der Waals surface area contributed by atoms with E-state index in [0.717, 1.165) is 17.9 Å². The molecule has 1 saturated carbocycles. The Morgan fingerprint density at radius 3 is 2.89 bits per heavy atom. The second-order valence-corrected chi connectivity index (χ2v) is 6.80. The molecule has 3 aromatic heterocycles. The summed E-state index contributed by atoms with van der Waals surface area (Å²) in [7, 11) is 1.61. The first kappa shape index (κ1) is 14.8. The molecule has 4 rings (SSSR count). The van der Waals surface area contributed by atoms with E-state index in [1.165, 1.54) is 12.3 Å². The maximum atomic E-state index is 12.3. The zero-order valence-electron chi connectivity index (χ0n) is 18.6. The van der Waals surface area contributed by atoms with E-state index in [1.54, 1.807) is 32.5 Å². The fourth-order valence-electron chi connectivity index (χ4n) is 3.12. The molecule has 1 fully saturated rings. The van der Waals surface area contributed by atoms with Gasteiger partial charge < -0.3 is 14.0 Å². The molecular weight excluding hydrogens is 356 g/mol. The highest BCUT2D eigenvalue weighted by Gasteiger charge is 2.40. The van der Waals surface area contributed by atoms with E-state index in [0.29, 0.717) is 45.8 Å². The molecule has 0 aromatic carbocycles. The second-order valence-electron chi connectivity index (χ2n) is 6.80. The molecule has 0 spiro atoms. The van der Waals surface area contributed by atoms with E-state index in [2.05, 4.69) is 15.0 Å². The summed E-state index contributed by atoms with van der Waals surface area (Å²) < 4.78 is 34.1. The Morgan fingerprint density at radius 2 is 2.18 bits per heavy atom. The number of aromatic nitrogens is 4. The van der Waals surface area contributed by atoms with Crippen molar-refractivity contribution < 1.29 is 13.6 Å². The minimum atomic E-state index is -2.53. The van der Waals surface area contributed by atoms with Gasteiger partial charge >= 0.3 is 0 Å². The van der Waals surface area contributed by atoms with Crippen molar-refractivity contribution in [1.82, 2.24) is 19.5 Å². The smallest absolute Gasteiger partial charge is 0.250 e. The standard InChI is InChI=1S/C21H22N4O3/c1-13-22-11-18(14-6-7-25(2)20(26)9-14)21(24-13)28-12-15-8-17(15)19-5-4-16(27-3)10-23-19/h4-7,9-11,15,17H,8,12H2,1-3H3/t15-,17+/m1/s1/i2D3. The molecule has 7 nitrogen and oxygen atoms in total. The number of hydrogen-bond acceptors (Lipinski definition) is 6. The van der Waals surface area contributed by atoms with Crippen LogP contribution in [0.4, 0.5) is 0 Å². The van der Waals surface area contributed by atoms with Gasteiger partial charge in [0.05, 0.1) is 25.5 Å². The first-order valence-corrected chi connectivity index (χ1v) is 8.96. The van der Waals surface area contributed by atoms with E-state index in [9.17, 15) is 4.79 Å². The maximum Gasteiger partial charge on any atom is 0.250 e. The molecule has 0 amide bonds. The maximum absolute atomic E-state index is 12.3. The second kappa shape index (κ2) is 7.42. The summed E-state index contributed by atoms with van der Waals surface area (Å²) in [6, 6.07) is 6.67. The van der Waals surface area contributed by atoms with Gasteiger partial charge in [-0.05, 0) is 37.1 Å². The SMILES string of the molecule is [2H]C([2H])([2H])n1ccc(-c2cnc(C)nc2OC[C@H]2C[C@@H]2c2ccc(OC)cn2)cc1=O. The number of methoxy groups -OCH3 is 1. The van der Waals surface area contributed by atoms with Gasteiger partial charge in [-0.2, -0.15) is 4.98 Å². The van der Waals surface area contributed by atoms with Crippen LogP contribution in [0, 0.1) is 12.8 Å². The van der Waals surface area contributed by atoms with Crippen LogP contribution in [-0.4, -0.2) is 33.2 Å².